The Labute approximate surface area is 186 Å². The number of ketones is 2. The van der Waals surface area contributed by atoms with E-state index in [0.717, 1.165) is 4.31 Å². The van der Waals surface area contributed by atoms with Crippen molar-refractivity contribution in [3.8, 4) is 5.75 Å². The molecule has 12 heteroatoms. The fourth-order valence-electron chi connectivity index (χ4n) is 3.14. The Balaban J connectivity index is 2.39. The summed E-state index contributed by atoms with van der Waals surface area (Å²) in [6, 6.07) is -0.371. The van der Waals surface area contributed by atoms with Gasteiger partial charge >= 0.3 is 0 Å². The summed E-state index contributed by atoms with van der Waals surface area (Å²) < 4.78 is 25.9. The first-order valence-electron chi connectivity index (χ1n) is 9.40. The third-order valence-corrected chi connectivity index (χ3v) is 7.31. The Morgan fingerprint density at radius 2 is 1.71 bits per heavy atom. The van der Waals surface area contributed by atoms with Crippen LogP contribution in [0.25, 0.3) is 0 Å². The van der Waals surface area contributed by atoms with Crippen LogP contribution in [0.3, 0.4) is 0 Å². The highest BCUT2D eigenvalue weighted by atomic mass is 35.5. The Morgan fingerprint density at radius 1 is 1.16 bits per heavy atom. The number of benzene rings is 1. The van der Waals surface area contributed by atoms with E-state index in [9.17, 15) is 27.9 Å². The summed E-state index contributed by atoms with van der Waals surface area (Å²) in [4.78, 5) is 36.2. The van der Waals surface area contributed by atoms with Gasteiger partial charge in [-0.05, 0) is 17.5 Å². The van der Waals surface area contributed by atoms with Crippen LogP contribution in [0, 0.1) is 5.41 Å². The number of carbonyl (C=O) groups is 3. The maximum absolute atomic E-state index is 12.5. The molecule has 4 N–H and O–H groups in total. The van der Waals surface area contributed by atoms with Crippen molar-refractivity contribution in [2.45, 2.75) is 43.8 Å². The Hall–Kier alpha value is -2.21. The first-order valence-corrected chi connectivity index (χ1v) is 11.2. The van der Waals surface area contributed by atoms with E-state index in [1.807, 2.05) is 0 Å². The molecule has 0 spiro atoms. The lowest BCUT2D eigenvalue weighted by atomic mass is 9.79. The predicted molar refractivity (Wildman–Crippen MR) is 116 cm³/mol. The molecule has 3 unspecified atom stereocenters. The molecule has 3 atom stereocenters. The lowest BCUT2D eigenvalue weighted by molar-refractivity contribution is -0.146. The highest BCUT2D eigenvalue weighted by Gasteiger charge is 2.51. The number of phenolic OH excluding ortho intramolecular Hbond substituents is 1. The molecule has 172 valence electrons. The summed E-state index contributed by atoms with van der Waals surface area (Å²) in [6.07, 6.45) is 0. The zero-order chi connectivity index (χ0) is 23.9. The van der Waals surface area contributed by atoms with E-state index in [1.54, 1.807) is 20.8 Å². The van der Waals surface area contributed by atoms with Gasteiger partial charge in [-0.25, -0.2) is 12.7 Å². The largest absolute Gasteiger partial charge is 0.504 e. The van der Waals surface area contributed by atoms with Crippen molar-refractivity contribution in [2.24, 2.45) is 5.41 Å². The van der Waals surface area contributed by atoms with Crippen LogP contribution in [0.1, 0.15) is 20.8 Å². The molecule has 0 aliphatic heterocycles. The van der Waals surface area contributed by atoms with Crippen molar-refractivity contribution in [2.75, 3.05) is 26.5 Å². The predicted octanol–water partition coefficient (Wildman–Crippen LogP) is 0.347. The van der Waals surface area contributed by atoms with Crippen LogP contribution in [0.5, 0.6) is 5.75 Å². The summed E-state index contributed by atoms with van der Waals surface area (Å²) in [5, 5.41) is 18.5. The minimum absolute atomic E-state index is 0.0882. The van der Waals surface area contributed by atoms with Gasteiger partial charge in [0.15, 0.2) is 5.75 Å². The van der Waals surface area contributed by atoms with Crippen LogP contribution in [0.15, 0.2) is 17.0 Å². The number of amides is 1. The first kappa shape index (κ1) is 25.1. The monoisotopic (exact) mass is 474 g/mol. The Kier molecular flexibility index (Phi) is 7.06. The third-order valence-electron chi connectivity index (χ3n) is 5.00. The standard InChI is InChI=1S/C19H27ClN4O6S/c1-19(2,3)17(18(28)21-4)23-12-11(14(26)15(12)27)22-10-8-7-9(20)16(13(10)25)31(29,30)24(5)6/h7-8,11-12,17,22-23,25H,1-6H3,(H,21,28). The maximum Gasteiger partial charge on any atom is 0.247 e. The summed E-state index contributed by atoms with van der Waals surface area (Å²) in [5.41, 5.74) is -0.659. The number of nitrogens with one attached hydrogen (secondary N) is 3. The summed E-state index contributed by atoms with van der Waals surface area (Å²) in [7, 11) is -0.0572. The molecule has 0 radical (unpaired) electrons. The van der Waals surface area contributed by atoms with E-state index in [1.165, 1.54) is 33.3 Å². The molecule has 0 saturated heterocycles. The van der Waals surface area contributed by atoms with E-state index < -0.39 is 55.8 Å². The maximum atomic E-state index is 12.5. The van der Waals surface area contributed by atoms with Crippen LogP contribution < -0.4 is 16.0 Å². The van der Waals surface area contributed by atoms with Gasteiger partial charge in [0.2, 0.25) is 27.5 Å². The number of nitrogens with zero attached hydrogens (tertiary/aromatic N) is 1. The number of carbonyl (C=O) groups excluding carboxylic acids is 3. The molecule has 1 aliphatic carbocycles. The second-order valence-electron chi connectivity index (χ2n) is 8.47. The number of hydrogen-bond acceptors (Lipinski definition) is 8. The average molecular weight is 475 g/mol. The smallest absolute Gasteiger partial charge is 0.247 e. The van der Waals surface area contributed by atoms with Crippen LogP contribution in [0.2, 0.25) is 5.02 Å². The van der Waals surface area contributed by atoms with Gasteiger partial charge in [0.1, 0.15) is 17.0 Å². The zero-order valence-electron chi connectivity index (χ0n) is 18.1. The van der Waals surface area contributed by atoms with Crippen LogP contribution >= 0.6 is 11.6 Å². The number of hydrogen-bond donors (Lipinski definition) is 4. The van der Waals surface area contributed by atoms with Crippen molar-refractivity contribution in [1.29, 1.82) is 0 Å². The van der Waals surface area contributed by atoms with Gasteiger partial charge in [-0.3, -0.25) is 19.7 Å². The number of aromatic hydroxyl groups is 1. The molecule has 0 heterocycles. The molecule has 1 aromatic rings. The fraction of sp³-hybridized carbons (Fsp3) is 0.526. The number of rotatable bonds is 7. The van der Waals surface area contributed by atoms with E-state index in [4.69, 9.17) is 11.6 Å². The van der Waals surface area contributed by atoms with E-state index >= 15 is 0 Å². The van der Waals surface area contributed by atoms with E-state index in [2.05, 4.69) is 16.0 Å². The van der Waals surface area contributed by atoms with E-state index in [-0.39, 0.29) is 16.6 Å². The molecule has 0 bridgehead atoms. The van der Waals surface area contributed by atoms with Gasteiger partial charge in [-0.15, -0.1) is 0 Å². The number of sulfonamides is 1. The second kappa shape index (κ2) is 8.73. The first-order chi connectivity index (χ1) is 14.1. The minimum atomic E-state index is -4.09. The molecule has 1 fully saturated rings. The number of Topliss-reactive ketones (excluding diaryl/α,β-unsaturated/α-hetero) is 2. The fourth-order valence-corrected chi connectivity index (χ4v) is 4.61. The molecule has 0 aromatic heterocycles. The second-order valence-corrected chi connectivity index (χ2v) is 11.0. The SMILES string of the molecule is CNC(=O)C(NC1C(=O)C(=O)C1Nc1ccc(Cl)c(S(=O)(=O)N(C)C)c1O)C(C)(C)C. The van der Waals surface area contributed by atoms with E-state index in [0.29, 0.717) is 0 Å². The Morgan fingerprint density at radius 3 is 2.19 bits per heavy atom. The average Bonchev–Trinajstić information content (AvgIpc) is 2.66. The number of phenols is 1. The van der Waals surface area contributed by atoms with Crippen LogP contribution in [0.4, 0.5) is 5.69 Å². The van der Waals surface area contributed by atoms with Crippen molar-refractivity contribution in [3.63, 3.8) is 0 Å². The quantitative estimate of drug-likeness (QED) is 0.327. The van der Waals surface area contributed by atoms with Crippen LogP contribution in [-0.2, 0) is 24.4 Å². The topological polar surface area (TPSA) is 145 Å². The lowest BCUT2D eigenvalue weighted by Gasteiger charge is -2.40. The summed E-state index contributed by atoms with van der Waals surface area (Å²) in [5.74, 6) is -2.50. The van der Waals surface area contributed by atoms with Crippen molar-refractivity contribution in [3.05, 3.63) is 17.2 Å². The zero-order valence-corrected chi connectivity index (χ0v) is 19.7. The van der Waals surface area contributed by atoms with Gasteiger partial charge < -0.3 is 15.7 Å². The van der Waals surface area contributed by atoms with Crippen molar-refractivity contribution in [1.82, 2.24) is 14.9 Å². The molecule has 2 rings (SSSR count). The molecule has 31 heavy (non-hydrogen) atoms. The molecular weight excluding hydrogens is 448 g/mol. The molecule has 1 saturated carbocycles. The molecule has 1 aromatic carbocycles. The highest BCUT2D eigenvalue weighted by molar-refractivity contribution is 7.89. The Bertz CT molecular complexity index is 1020. The molecule has 1 amide bonds. The van der Waals surface area contributed by atoms with Crippen molar-refractivity contribution >= 4 is 44.8 Å². The van der Waals surface area contributed by atoms with Crippen molar-refractivity contribution < 1.29 is 27.9 Å². The van der Waals surface area contributed by atoms with Gasteiger partial charge in [-0.1, -0.05) is 32.4 Å². The van der Waals surface area contributed by atoms with Crippen LogP contribution in [-0.4, -0.2) is 74.6 Å². The number of halogens is 1. The third kappa shape index (κ3) is 4.69. The number of anilines is 1. The lowest BCUT2D eigenvalue weighted by Crippen LogP contribution is -2.71. The number of likely N-dealkylation sites (N-methyl/N-ethyl adjacent to an activating group) is 1. The van der Waals surface area contributed by atoms with Gasteiger partial charge in [0.25, 0.3) is 0 Å². The van der Waals surface area contributed by atoms with Gasteiger partial charge in [0.05, 0.1) is 16.8 Å². The van der Waals surface area contributed by atoms with Gasteiger partial charge in [0, 0.05) is 21.1 Å². The highest BCUT2D eigenvalue weighted by Crippen LogP contribution is 2.39. The molecule has 10 nitrogen and oxygen atoms in total. The normalized spacial score (nSPS) is 20.4. The summed E-state index contributed by atoms with van der Waals surface area (Å²) in [6.45, 7) is 5.41. The summed E-state index contributed by atoms with van der Waals surface area (Å²) >= 11 is 5.99. The minimum Gasteiger partial charge on any atom is -0.504 e. The molecular formula is C19H27ClN4O6S. The van der Waals surface area contributed by atoms with Gasteiger partial charge in [-0.2, -0.15) is 0 Å². The molecule has 1 aliphatic rings.